The molecule has 0 amide bonds. The minimum Gasteiger partial charge on any atom is -0.463 e. The monoisotopic (exact) mass is 496 g/mol. The van der Waals surface area contributed by atoms with Crippen molar-refractivity contribution in [3.8, 4) is 0 Å². The minimum atomic E-state index is -2.27. The highest BCUT2D eigenvalue weighted by atomic mass is 19.1. The molecule has 1 aliphatic rings. The van der Waals surface area contributed by atoms with Crippen molar-refractivity contribution in [1.82, 2.24) is 19.5 Å². The fraction of sp³-hybridized carbons (Fsp3) is 0.682. The summed E-state index contributed by atoms with van der Waals surface area (Å²) in [5, 5.41) is 2.87. The molecule has 0 bridgehead atoms. The van der Waals surface area contributed by atoms with Crippen LogP contribution in [0.1, 0.15) is 54.2 Å². The summed E-state index contributed by atoms with van der Waals surface area (Å²) in [5.41, 5.74) is 3.28. The van der Waals surface area contributed by atoms with Gasteiger partial charge >= 0.3 is 11.9 Å². The van der Waals surface area contributed by atoms with E-state index in [1.165, 1.54) is 17.8 Å². The number of nitrogens with zero attached hydrogens (tertiary/aromatic N) is 4. The molecule has 0 radical (unpaired) electrons. The Bertz CT molecular complexity index is 1090. The van der Waals surface area contributed by atoms with Crippen LogP contribution in [-0.2, 0) is 28.8 Å². The molecule has 0 aromatic carbocycles. The molecule has 3 rings (SSSR count). The number of alkyl halides is 1. The van der Waals surface area contributed by atoms with E-state index in [4.69, 9.17) is 25.0 Å². The van der Waals surface area contributed by atoms with E-state index in [0.29, 0.717) is 17.8 Å². The van der Waals surface area contributed by atoms with E-state index >= 15 is 4.39 Å². The molecule has 35 heavy (non-hydrogen) atoms. The molecule has 3 N–H and O–H groups in total. The van der Waals surface area contributed by atoms with Crippen LogP contribution in [0.25, 0.3) is 11.2 Å². The first-order valence-electron chi connectivity index (χ1n) is 11.4. The van der Waals surface area contributed by atoms with Crippen LogP contribution in [0.5, 0.6) is 0 Å². The average molecular weight is 497 g/mol. The number of nitrogens with one attached hydrogen (secondary N) is 1. The van der Waals surface area contributed by atoms with Crippen molar-refractivity contribution in [3.63, 3.8) is 0 Å². The van der Waals surface area contributed by atoms with Crippen molar-refractivity contribution < 1.29 is 33.2 Å². The van der Waals surface area contributed by atoms with Gasteiger partial charge in [0.15, 0.2) is 35.0 Å². The molecule has 2 aromatic rings. The van der Waals surface area contributed by atoms with Gasteiger partial charge < -0.3 is 20.5 Å². The van der Waals surface area contributed by atoms with E-state index in [9.17, 15) is 9.59 Å². The van der Waals surface area contributed by atoms with Crippen molar-refractivity contribution in [2.45, 2.75) is 72.1 Å². The smallest absolute Gasteiger partial charge is 0.347 e. The number of nitrogen functional groups attached to an aromatic ring is 1. The van der Waals surface area contributed by atoms with E-state index in [1.807, 2.05) is 6.92 Å². The summed E-state index contributed by atoms with van der Waals surface area (Å²) in [6.07, 6.45) is -2.03. The highest BCUT2D eigenvalue weighted by Gasteiger charge is 2.59. The fourth-order valence-corrected chi connectivity index (χ4v) is 3.46. The van der Waals surface area contributed by atoms with Crippen molar-refractivity contribution in [2.24, 2.45) is 11.3 Å². The summed E-state index contributed by atoms with van der Waals surface area (Å²) >= 11 is 0. The number of aromatic nitrogens is 4. The lowest BCUT2D eigenvalue weighted by Gasteiger charge is -2.28. The van der Waals surface area contributed by atoms with Gasteiger partial charge in [-0.2, -0.15) is 14.9 Å². The summed E-state index contributed by atoms with van der Waals surface area (Å²) in [5.74, 6) is -1.25. The van der Waals surface area contributed by atoms with Crippen LogP contribution in [0.3, 0.4) is 0 Å². The standard InChI is InChI=1S/C22H33FN6O6/c1-8-21(4,5)19(31)35-34-14-12(9-32-17(30)11(2)3)33-18(22(14,6)23)29-10-26-13-15(25-7)27-20(24)28-16(13)29/h10-12,14,18H,8-9H2,1-7H3,(H3,24,25,27,28)/t12-,14-,18-,22-/m1/s1. The normalized spacial score (nSPS) is 24.7. The SMILES string of the molecule is CCC(C)(C)C(=O)OO[C@@H]1[C@@H](COC(=O)C(C)C)O[C@@H](n2cnc3c(NC)nc(N)nc32)[C@]1(C)F. The third-order valence-corrected chi connectivity index (χ3v) is 6.13. The second-order valence-electron chi connectivity index (χ2n) is 9.59. The first-order chi connectivity index (χ1) is 16.3. The third-order valence-electron chi connectivity index (χ3n) is 6.13. The molecular formula is C22H33FN6O6. The summed E-state index contributed by atoms with van der Waals surface area (Å²) < 4.78 is 29.0. The predicted molar refractivity (Wildman–Crippen MR) is 124 cm³/mol. The van der Waals surface area contributed by atoms with Crippen molar-refractivity contribution >= 4 is 34.9 Å². The first kappa shape index (κ1) is 26.5. The Morgan fingerprint density at radius 1 is 1.37 bits per heavy atom. The second kappa shape index (κ2) is 9.90. The minimum absolute atomic E-state index is 0.0481. The van der Waals surface area contributed by atoms with Gasteiger partial charge in [0.1, 0.15) is 12.7 Å². The molecule has 12 nitrogen and oxygen atoms in total. The summed E-state index contributed by atoms with van der Waals surface area (Å²) in [4.78, 5) is 47.4. The summed E-state index contributed by atoms with van der Waals surface area (Å²) in [7, 11) is 1.64. The molecule has 1 aliphatic heterocycles. The van der Waals surface area contributed by atoms with Crippen LogP contribution in [0.4, 0.5) is 16.2 Å². The van der Waals surface area contributed by atoms with Crippen LogP contribution < -0.4 is 11.1 Å². The second-order valence-corrected chi connectivity index (χ2v) is 9.59. The molecular weight excluding hydrogens is 463 g/mol. The maximum absolute atomic E-state index is 16.4. The topological polar surface area (TPSA) is 153 Å². The number of esters is 1. The zero-order valence-corrected chi connectivity index (χ0v) is 21.0. The molecule has 4 atom stereocenters. The Balaban J connectivity index is 1.95. The number of nitrogens with two attached hydrogens (primary N) is 1. The Hall–Kier alpha value is -3.06. The van der Waals surface area contributed by atoms with E-state index in [-0.39, 0.29) is 18.2 Å². The number of fused-ring (bicyclic) bond motifs is 1. The summed E-state index contributed by atoms with van der Waals surface area (Å²) in [6.45, 7) is 9.45. The van der Waals surface area contributed by atoms with Gasteiger partial charge in [-0.3, -0.25) is 14.2 Å². The van der Waals surface area contributed by atoms with Crippen molar-refractivity contribution in [3.05, 3.63) is 6.33 Å². The van der Waals surface area contributed by atoms with Gasteiger partial charge in [0.05, 0.1) is 17.7 Å². The van der Waals surface area contributed by atoms with Crippen LogP contribution in [-0.4, -0.2) is 63.0 Å². The average Bonchev–Trinajstić information content (AvgIpc) is 3.32. The number of carbonyl (C=O) groups is 2. The Kier molecular flexibility index (Phi) is 7.50. The zero-order chi connectivity index (χ0) is 26.1. The lowest BCUT2D eigenvalue weighted by Crippen LogP contribution is -2.44. The molecule has 13 heteroatoms. The van der Waals surface area contributed by atoms with Crippen LogP contribution in [0.15, 0.2) is 6.33 Å². The van der Waals surface area contributed by atoms with Gasteiger partial charge in [0.2, 0.25) is 5.95 Å². The number of halogens is 1. The highest BCUT2D eigenvalue weighted by Crippen LogP contribution is 2.44. The van der Waals surface area contributed by atoms with E-state index in [0.717, 1.165) is 0 Å². The molecule has 1 fully saturated rings. The van der Waals surface area contributed by atoms with Gasteiger partial charge in [0, 0.05) is 7.05 Å². The molecule has 0 spiro atoms. The lowest BCUT2D eigenvalue weighted by molar-refractivity contribution is -0.324. The number of hydrogen-bond acceptors (Lipinski definition) is 11. The van der Waals surface area contributed by atoms with E-state index in [1.54, 1.807) is 34.7 Å². The zero-order valence-electron chi connectivity index (χ0n) is 21.0. The molecule has 0 aliphatic carbocycles. The van der Waals surface area contributed by atoms with Crippen LogP contribution >= 0.6 is 0 Å². The molecule has 0 saturated carbocycles. The number of ether oxygens (including phenoxy) is 2. The van der Waals surface area contributed by atoms with Gasteiger partial charge in [-0.25, -0.2) is 14.2 Å². The van der Waals surface area contributed by atoms with E-state index < -0.39 is 47.4 Å². The number of rotatable bonds is 9. The summed E-state index contributed by atoms with van der Waals surface area (Å²) in [6, 6.07) is 0. The number of carbonyl (C=O) groups excluding carboxylic acids is 2. The van der Waals surface area contributed by atoms with Gasteiger partial charge in [0.25, 0.3) is 0 Å². The first-order valence-corrected chi connectivity index (χ1v) is 11.4. The Morgan fingerprint density at radius 3 is 2.66 bits per heavy atom. The Morgan fingerprint density at radius 2 is 2.06 bits per heavy atom. The quantitative estimate of drug-likeness (QED) is 0.299. The molecule has 194 valence electrons. The van der Waals surface area contributed by atoms with Gasteiger partial charge in [-0.1, -0.05) is 20.8 Å². The van der Waals surface area contributed by atoms with Crippen LogP contribution in [0.2, 0.25) is 0 Å². The third kappa shape index (κ3) is 5.15. The van der Waals surface area contributed by atoms with Gasteiger partial charge in [-0.15, -0.1) is 0 Å². The van der Waals surface area contributed by atoms with Crippen molar-refractivity contribution in [2.75, 3.05) is 24.7 Å². The number of hydrogen-bond donors (Lipinski definition) is 2. The molecule has 1 saturated heterocycles. The number of anilines is 2. The Labute approximate surface area is 202 Å². The van der Waals surface area contributed by atoms with Crippen LogP contribution in [0, 0.1) is 11.3 Å². The van der Waals surface area contributed by atoms with E-state index in [2.05, 4.69) is 20.3 Å². The van der Waals surface area contributed by atoms with Gasteiger partial charge in [-0.05, 0) is 27.2 Å². The maximum atomic E-state index is 16.4. The number of imidazole rings is 1. The lowest BCUT2D eigenvalue weighted by atomic mass is 9.91. The maximum Gasteiger partial charge on any atom is 0.347 e. The largest absolute Gasteiger partial charge is 0.463 e. The molecule has 3 heterocycles. The highest BCUT2D eigenvalue weighted by molar-refractivity contribution is 5.84. The predicted octanol–water partition coefficient (Wildman–Crippen LogP) is 2.55. The fourth-order valence-electron chi connectivity index (χ4n) is 3.46. The van der Waals surface area contributed by atoms with Crippen molar-refractivity contribution in [1.29, 1.82) is 0 Å². The molecule has 0 unspecified atom stereocenters. The molecule has 2 aromatic heterocycles.